The first-order valence-electron chi connectivity index (χ1n) is 3.26. The van der Waals surface area contributed by atoms with Crippen molar-refractivity contribution >= 4 is 6.41 Å². The van der Waals surface area contributed by atoms with Crippen LogP contribution in [-0.2, 0) is 4.79 Å². The molecule has 0 saturated heterocycles. The minimum atomic E-state index is -0.0729. The van der Waals surface area contributed by atoms with Crippen molar-refractivity contribution in [2.45, 2.75) is 39.2 Å². The predicted octanol–water partition coefficient (Wildman–Crippen LogP) is 1.22. The summed E-state index contributed by atoms with van der Waals surface area (Å²) >= 11 is 0. The summed E-state index contributed by atoms with van der Waals surface area (Å²) in [5.74, 6) is 0. The molecule has 2 heteroatoms. The van der Waals surface area contributed by atoms with Crippen molar-refractivity contribution in [3.63, 3.8) is 0 Å². The van der Waals surface area contributed by atoms with Crippen LogP contribution < -0.4 is 5.32 Å². The third kappa shape index (κ3) is 4.01. The molecule has 1 N–H and O–H groups in total. The van der Waals surface area contributed by atoms with Crippen molar-refractivity contribution < 1.29 is 4.79 Å². The Balaban J connectivity index is 3.55. The number of hydrogen-bond acceptors (Lipinski definition) is 1. The second-order valence-electron chi connectivity index (χ2n) is 2.86. The van der Waals surface area contributed by atoms with Crippen LogP contribution in [0, 0.1) is 0 Å². The fourth-order valence-corrected chi connectivity index (χ4v) is 0.826. The predicted molar refractivity (Wildman–Crippen MR) is 37.8 cm³/mol. The first-order valence-corrected chi connectivity index (χ1v) is 3.26. The van der Waals surface area contributed by atoms with E-state index in [1.807, 2.05) is 13.8 Å². The molecule has 0 spiro atoms. The van der Waals surface area contributed by atoms with Crippen molar-refractivity contribution in [3.8, 4) is 0 Å². The zero-order valence-corrected chi connectivity index (χ0v) is 6.32. The van der Waals surface area contributed by atoms with E-state index in [4.69, 9.17) is 0 Å². The molecule has 0 atom stereocenters. The number of amides is 1. The lowest BCUT2D eigenvalue weighted by molar-refractivity contribution is 0.404. The van der Waals surface area contributed by atoms with Crippen molar-refractivity contribution in [1.29, 1.82) is 0 Å². The lowest BCUT2D eigenvalue weighted by Crippen LogP contribution is -2.37. The van der Waals surface area contributed by atoms with Gasteiger partial charge in [0.05, 0.1) is 0 Å². The third-order valence-electron chi connectivity index (χ3n) is 1.26. The molecule has 1 radical (unpaired) electrons. The van der Waals surface area contributed by atoms with Gasteiger partial charge in [-0.25, -0.2) is 0 Å². The summed E-state index contributed by atoms with van der Waals surface area (Å²) in [4.78, 5) is 9.86. The number of hydrogen-bond donors (Lipinski definition) is 1. The number of rotatable bonds is 4. The van der Waals surface area contributed by atoms with E-state index in [2.05, 4.69) is 12.2 Å². The summed E-state index contributed by atoms with van der Waals surface area (Å²) in [7, 11) is 0. The van der Waals surface area contributed by atoms with Crippen LogP contribution in [0.4, 0.5) is 0 Å². The highest BCUT2D eigenvalue weighted by Crippen LogP contribution is 2.08. The standard InChI is InChI=1S/C7H14NO/c1-4-5-7(2,3)8-6-9/h4-5H2,1-3H3,(H,8,9). The average Bonchev–Trinajstić information content (AvgIpc) is 1.64. The molecule has 0 saturated carbocycles. The van der Waals surface area contributed by atoms with Gasteiger partial charge in [0.1, 0.15) is 0 Å². The van der Waals surface area contributed by atoms with Crippen molar-refractivity contribution in [3.05, 3.63) is 0 Å². The molecule has 9 heavy (non-hydrogen) atoms. The second-order valence-corrected chi connectivity index (χ2v) is 2.86. The van der Waals surface area contributed by atoms with Gasteiger partial charge >= 0.3 is 6.41 Å². The van der Waals surface area contributed by atoms with Crippen LogP contribution in [0.25, 0.3) is 0 Å². The van der Waals surface area contributed by atoms with Gasteiger partial charge in [0, 0.05) is 5.54 Å². The summed E-state index contributed by atoms with van der Waals surface area (Å²) in [6.45, 7) is 6.07. The Labute approximate surface area is 56.6 Å². The Morgan fingerprint density at radius 3 is 2.44 bits per heavy atom. The molecule has 0 aromatic carbocycles. The Morgan fingerprint density at radius 1 is 1.56 bits per heavy atom. The van der Waals surface area contributed by atoms with E-state index in [0.29, 0.717) is 0 Å². The molecule has 0 fully saturated rings. The van der Waals surface area contributed by atoms with E-state index in [0.717, 1.165) is 12.8 Å². The van der Waals surface area contributed by atoms with E-state index in [9.17, 15) is 4.79 Å². The molecule has 0 aliphatic rings. The zero-order valence-electron chi connectivity index (χ0n) is 6.32. The fraction of sp³-hybridized carbons (Fsp3) is 0.857. The van der Waals surface area contributed by atoms with Crippen LogP contribution in [0.5, 0.6) is 0 Å². The van der Waals surface area contributed by atoms with E-state index < -0.39 is 0 Å². The minimum Gasteiger partial charge on any atom is -0.343 e. The quantitative estimate of drug-likeness (QED) is 0.567. The molecule has 0 rings (SSSR count). The van der Waals surface area contributed by atoms with Gasteiger partial charge in [-0.15, -0.1) is 0 Å². The van der Waals surface area contributed by atoms with Gasteiger partial charge in [0.15, 0.2) is 0 Å². The van der Waals surface area contributed by atoms with Crippen molar-refractivity contribution in [1.82, 2.24) is 5.32 Å². The Morgan fingerprint density at radius 2 is 2.11 bits per heavy atom. The lowest BCUT2D eigenvalue weighted by Gasteiger charge is -2.21. The van der Waals surface area contributed by atoms with E-state index in [1.54, 1.807) is 6.41 Å². The molecule has 0 bridgehead atoms. The van der Waals surface area contributed by atoms with E-state index >= 15 is 0 Å². The van der Waals surface area contributed by atoms with Crippen LogP contribution >= 0.6 is 0 Å². The molecule has 0 aliphatic carbocycles. The molecule has 2 nitrogen and oxygen atoms in total. The van der Waals surface area contributed by atoms with Gasteiger partial charge in [0.2, 0.25) is 0 Å². The molecule has 0 aromatic rings. The van der Waals surface area contributed by atoms with Gasteiger partial charge < -0.3 is 5.32 Å². The van der Waals surface area contributed by atoms with Gasteiger partial charge in [0.25, 0.3) is 0 Å². The summed E-state index contributed by atoms with van der Waals surface area (Å²) in [6, 6.07) is 0. The fourth-order valence-electron chi connectivity index (χ4n) is 0.826. The maximum absolute atomic E-state index is 9.86. The normalized spacial score (nSPS) is 11.0. The Hall–Kier alpha value is -0.530. The summed E-state index contributed by atoms with van der Waals surface area (Å²) in [5, 5.41) is 2.62. The maximum Gasteiger partial charge on any atom is 0.309 e. The Kier molecular flexibility index (Phi) is 3.28. The molecule has 1 amide bonds. The van der Waals surface area contributed by atoms with E-state index in [-0.39, 0.29) is 5.54 Å². The second kappa shape index (κ2) is 3.49. The molecule has 0 heterocycles. The SMILES string of the molecule is CCCC(C)(C)N[C]=O. The molecular formula is C7H14NO. The maximum atomic E-state index is 9.86. The lowest BCUT2D eigenvalue weighted by atomic mass is 10.00. The third-order valence-corrected chi connectivity index (χ3v) is 1.26. The summed E-state index contributed by atoms with van der Waals surface area (Å²) < 4.78 is 0. The molecular weight excluding hydrogens is 114 g/mol. The van der Waals surface area contributed by atoms with Crippen LogP contribution in [0.1, 0.15) is 33.6 Å². The van der Waals surface area contributed by atoms with Gasteiger partial charge in [-0.2, -0.15) is 0 Å². The number of nitrogens with one attached hydrogen (secondary N) is 1. The van der Waals surface area contributed by atoms with Gasteiger partial charge in [-0.3, -0.25) is 4.79 Å². The number of carbonyl (C=O) groups excluding carboxylic acids is 1. The highest BCUT2D eigenvalue weighted by atomic mass is 16.1. The smallest absolute Gasteiger partial charge is 0.309 e. The van der Waals surface area contributed by atoms with Gasteiger partial charge in [-0.05, 0) is 20.3 Å². The highest BCUT2D eigenvalue weighted by Gasteiger charge is 2.13. The summed E-state index contributed by atoms with van der Waals surface area (Å²) in [5.41, 5.74) is -0.0729. The molecule has 0 unspecified atom stereocenters. The topological polar surface area (TPSA) is 29.1 Å². The van der Waals surface area contributed by atoms with Crippen molar-refractivity contribution in [2.24, 2.45) is 0 Å². The molecule has 0 aliphatic heterocycles. The van der Waals surface area contributed by atoms with E-state index in [1.165, 1.54) is 0 Å². The molecule has 0 aromatic heterocycles. The largest absolute Gasteiger partial charge is 0.343 e. The van der Waals surface area contributed by atoms with Crippen LogP contribution in [0.2, 0.25) is 0 Å². The average molecular weight is 128 g/mol. The van der Waals surface area contributed by atoms with Crippen LogP contribution in [0.15, 0.2) is 0 Å². The monoisotopic (exact) mass is 128 g/mol. The molecule has 53 valence electrons. The Bertz CT molecular complexity index is 88.9. The minimum absolute atomic E-state index is 0.0729. The van der Waals surface area contributed by atoms with Crippen molar-refractivity contribution in [2.75, 3.05) is 0 Å². The first kappa shape index (κ1) is 8.47. The first-order chi connectivity index (χ1) is 4.12. The highest BCUT2D eigenvalue weighted by molar-refractivity contribution is 5.48. The zero-order chi connectivity index (χ0) is 7.33. The van der Waals surface area contributed by atoms with Gasteiger partial charge in [-0.1, -0.05) is 13.3 Å². The van der Waals surface area contributed by atoms with Crippen LogP contribution in [0.3, 0.4) is 0 Å². The van der Waals surface area contributed by atoms with Crippen LogP contribution in [-0.4, -0.2) is 11.9 Å². The summed E-state index contributed by atoms with van der Waals surface area (Å²) in [6.07, 6.45) is 3.78.